The first kappa shape index (κ1) is 20.2. The van der Waals surface area contributed by atoms with Crippen molar-refractivity contribution in [3.8, 4) is 0 Å². The number of benzene rings is 2. The maximum absolute atomic E-state index is 13.2. The van der Waals surface area contributed by atoms with E-state index in [1.54, 1.807) is 0 Å². The smallest absolute Gasteiger partial charge is 0.338 e. The summed E-state index contributed by atoms with van der Waals surface area (Å²) in [4.78, 5) is 38.5. The van der Waals surface area contributed by atoms with Gasteiger partial charge in [-0.25, -0.2) is 19.6 Å². The van der Waals surface area contributed by atoms with Crippen molar-refractivity contribution >= 4 is 34.4 Å². The molecule has 8 nitrogen and oxygen atoms in total. The molecule has 32 heavy (non-hydrogen) atoms. The minimum absolute atomic E-state index is 0.0800. The van der Waals surface area contributed by atoms with Gasteiger partial charge in [0.1, 0.15) is 0 Å². The van der Waals surface area contributed by atoms with Gasteiger partial charge in [-0.2, -0.15) is 0 Å². The fourth-order valence-electron chi connectivity index (χ4n) is 4.64. The second-order valence-electron chi connectivity index (χ2n) is 8.39. The SMILES string of the molecule is O=C(O)c1cnc(N2CCC(CN3CCN(c4cccc5ccccc45)C3=O)CC2)nc1. The maximum atomic E-state index is 13.2. The average Bonchev–Trinajstić information content (AvgIpc) is 3.19. The molecule has 164 valence electrons. The van der Waals surface area contributed by atoms with Crippen molar-refractivity contribution in [1.82, 2.24) is 14.9 Å². The number of carboxylic acids is 1. The van der Waals surface area contributed by atoms with Gasteiger partial charge in [0.15, 0.2) is 0 Å². The first-order chi connectivity index (χ1) is 15.6. The number of hydrogen-bond donors (Lipinski definition) is 1. The Balaban J connectivity index is 1.20. The molecule has 2 amide bonds. The van der Waals surface area contributed by atoms with Gasteiger partial charge in [0.2, 0.25) is 5.95 Å². The largest absolute Gasteiger partial charge is 0.478 e. The first-order valence-electron chi connectivity index (χ1n) is 10.9. The van der Waals surface area contributed by atoms with Crippen molar-refractivity contribution in [2.75, 3.05) is 42.5 Å². The fraction of sp³-hybridized carbons (Fsp3) is 0.333. The number of piperidine rings is 1. The van der Waals surface area contributed by atoms with E-state index in [0.29, 0.717) is 18.4 Å². The number of anilines is 2. The molecule has 2 aromatic carbocycles. The normalized spacial score (nSPS) is 17.4. The zero-order valence-corrected chi connectivity index (χ0v) is 17.7. The highest BCUT2D eigenvalue weighted by Gasteiger charge is 2.33. The molecule has 1 aromatic heterocycles. The van der Waals surface area contributed by atoms with Crippen LogP contribution in [0.1, 0.15) is 23.2 Å². The molecule has 3 aromatic rings. The maximum Gasteiger partial charge on any atom is 0.338 e. The van der Waals surface area contributed by atoms with Crippen molar-refractivity contribution in [3.63, 3.8) is 0 Å². The molecule has 0 atom stereocenters. The number of carbonyl (C=O) groups is 2. The third-order valence-electron chi connectivity index (χ3n) is 6.41. The Kier molecular flexibility index (Phi) is 5.34. The molecule has 2 aliphatic rings. The lowest BCUT2D eigenvalue weighted by atomic mass is 9.96. The summed E-state index contributed by atoms with van der Waals surface area (Å²) in [6, 6.07) is 14.4. The van der Waals surface area contributed by atoms with Gasteiger partial charge < -0.3 is 14.9 Å². The Morgan fingerprint density at radius 3 is 2.44 bits per heavy atom. The lowest BCUT2D eigenvalue weighted by Gasteiger charge is -2.33. The number of rotatable bonds is 5. The number of hydrogen-bond acceptors (Lipinski definition) is 5. The van der Waals surface area contributed by atoms with Gasteiger partial charge in [0, 0.05) is 50.5 Å². The zero-order valence-electron chi connectivity index (χ0n) is 17.7. The summed E-state index contributed by atoms with van der Waals surface area (Å²) in [5.41, 5.74) is 1.07. The average molecular weight is 431 g/mol. The number of nitrogens with zero attached hydrogens (tertiary/aromatic N) is 5. The van der Waals surface area contributed by atoms with Gasteiger partial charge in [-0.1, -0.05) is 36.4 Å². The Labute approximate surface area is 186 Å². The van der Waals surface area contributed by atoms with Crippen molar-refractivity contribution in [1.29, 1.82) is 0 Å². The molecule has 0 unspecified atom stereocenters. The molecule has 5 rings (SSSR count). The van der Waals surface area contributed by atoms with E-state index in [9.17, 15) is 9.59 Å². The Morgan fingerprint density at radius 2 is 1.69 bits per heavy atom. The molecular weight excluding hydrogens is 406 g/mol. The van der Waals surface area contributed by atoms with Crippen LogP contribution in [-0.2, 0) is 0 Å². The van der Waals surface area contributed by atoms with E-state index in [1.165, 1.54) is 12.4 Å². The molecule has 0 radical (unpaired) electrons. The molecule has 0 saturated carbocycles. The van der Waals surface area contributed by atoms with Crippen LogP contribution in [0.5, 0.6) is 0 Å². The molecular formula is C24H25N5O3. The van der Waals surface area contributed by atoms with E-state index >= 15 is 0 Å². The van der Waals surface area contributed by atoms with Crippen molar-refractivity contribution in [2.45, 2.75) is 12.8 Å². The van der Waals surface area contributed by atoms with Gasteiger partial charge >= 0.3 is 12.0 Å². The van der Waals surface area contributed by atoms with Crippen molar-refractivity contribution < 1.29 is 14.7 Å². The Morgan fingerprint density at radius 1 is 0.969 bits per heavy atom. The number of carbonyl (C=O) groups excluding carboxylic acids is 1. The highest BCUT2D eigenvalue weighted by Crippen LogP contribution is 2.30. The number of carboxylic acid groups (broad SMARTS) is 1. The molecule has 2 aliphatic heterocycles. The minimum Gasteiger partial charge on any atom is -0.478 e. The molecule has 8 heteroatoms. The van der Waals surface area contributed by atoms with Crippen LogP contribution in [-0.4, -0.2) is 64.7 Å². The van der Waals surface area contributed by atoms with Crippen LogP contribution in [0.25, 0.3) is 10.8 Å². The number of fused-ring (bicyclic) bond motifs is 1. The Hall–Kier alpha value is -3.68. The summed E-state index contributed by atoms with van der Waals surface area (Å²) in [5.74, 6) is -0.0307. The number of urea groups is 1. The lowest BCUT2D eigenvalue weighted by Crippen LogP contribution is -2.41. The van der Waals surface area contributed by atoms with Crippen LogP contribution in [0.3, 0.4) is 0 Å². The van der Waals surface area contributed by atoms with Gasteiger partial charge in [-0.3, -0.25) is 4.90 Å². The number of aromatic nitrogens is 2. The highest BCUT2D eigenvalue weighted by molar-refractivity contribution is 6.04. The number of aromatic carboxylic acids is 1. The minimum atomic E-state index is -1.02. The van der Waals surface area contributed by atoms with E-state index in [1.807, 2.05) is 34.1 Å². The van der Waals surface area contributed by atoms with E-state index < -0.39 is 5.97 Å². The predicted molar refractivity (Wildman–Crippen MR) is 122 cm³/mol. The van der Waals surface area contributed by atoms with Gasteiger partial charge in [0.05, 0.1) is 11.3 Å². The molecule has 0 bridgehead atoms. The van der Waals surface area contributed by atoms with Gasteiger partial charge in [-0.15, -0.1) is 0 Å². The summed E-state index contributed by atoms with van der Waals surface area (Å²) in [6.45, 7) is 3.79. The fourth-order valence-corrected chi connectivity index (χ4v) is 4.64. The summed E-state index contributed by atoms with van der Waals surface area (Å²) < 4.78 is 0. The summed E-state index contributed by atoms with van der Waals surface area (Å²) in [6.07, 6.45) is 4.59. The van der Waals surface area contributed by atoms with Crippen LogP contribution in [0.15, 0.2) is 54.9 Å². The van der Waals surface area contributed by atoms with E-state index in [0.717, 1.165) is 55.5 Å². The van der Waals surface area contributed by atoms with Crippen LogP contribution in [0.2, 0.25) is 0 Å². The second kappa shape index (κ2) is 8.45. The van der Waals surface area contributed by atoms with E-state index in [4.69, 9.17) is 5.11 Å². The molecule has 2 saturated heterocycles. The highest BCUT2D eigenvalue weighted by atomic mass is 16.4. The summed E-state index contributed by atoms with van der Waals surface area (Å²) in [7, 11) is 0. The topological polar surface area (TPSA) is 89.9 Å². The van der Waals surface area contributed by atoms with Crippen LogP contribution in [0.4, 0.5) is 16.4 Å². The van der Waals surface area contributed by atoms with E-state index in [-0.39, 0.29) is 11.6 Å². The third kappa shape index (κ3) is 3.84. The van der Waals surface area contributed by atoms with Gasteiger partial charge in [-0.05, 0) is 30.2 Å². The van der Waals surface area contributed by atoms with Crippen LogP contribution >= 0.6 is 0 Å². The molecule has 0 spiro atoms. The molecule has 1 N–H and O–H groups in total. The summed E-state index contributed by atoms with van der Waals surface area (Å²) in [5, 5.41) is 11.2. The molecule has 3 heterocycles. The van der Waals surface area contributed by atoms with Crippen molar-refractivity contribution in [2.24, 2.45) is 5.92 Å². The second-order valence-corrected chi connectivity index (χ2v) is 8.39. The third-order valence-corrected chi connectivity index (χ3v) is 6.41. The Bertz CT molecular complexity index is 1140. The predicted octanol–water partition coefficient (Wildman–Crippen LogP) is 3.49. The molecule has 0 aliphatic carbocycles. The van der Waals surface area contributed by atoms with Crippen LogP contribution < -0.4 is 9.80 Å². The van der Waals surface area contributed by atoms with Crippen LogP contribution in [0, 0.1) is 5.92 Å². The molecule has 2 fully saturated rings. The first-order valence-corrected chi connectivity index (χ1v) is 10.9. The van der Waals surface area contributed by atoms with Crippen molar-refractivity contribution in [3.05, 3.63) is 60.4 Å². The van der Waals surface area contributed by atoms with E-state index in [2.05, 4.69) is 33.1 Å². The monoisotopic (exact) mass is 431 g/mol. The van der Waals surface area contributed by atoms with Gasteiger partial charge in [0.25, 0.3) is 0 Å². The number of amides is 2. The quantitative estimate of drug-likeness (QED) is 0.665. The standard InChI is InChI=1S/C24H25N5O3/c30-22(31)19-14-25-23(26-15-19)27-10-8-17(9-11-27)16-28-12-13-29(24(28)32)21-7-3-5-18-4-1-2-6-20(18)21/h1-7,14-15,17H,8-13,16H2,(H,30,31). The lowest BCUT2D eigenvalue weighted by molar-refractivity contribution is 0.0696. The zero-order chi connectivity index (χ0) is 22.1. The summed E-state index contributed by atoms with van der Waals surface area (Å²) >= 11 is 0.